The van der Waals surface area contributed by atoms with Gasteiger partial charge in [0.05, 0.1) is 18.1 Å². The van der Waals surface area contributed by atoms with Crippen LogP contribution in [0.3, 0.4) is 0 Å². The molecule has 2 aliphatic carbocycles. The van der Waals surface area contributed by atoms with Crippen molar-refractivity contribution in [3.05, 3.63) is 0 Å². The van der Waals surface area contributed by atoms with Crippen LogP contribution in [0, 0.1) is 16.7 Å². The van der Waals surface area contributed by atoms with Crippen LogP contribution in [0.5, 0.6) is 0 Å². The van der Waals surface area contributed by atoms with Crippen LogP contribution in [-0.4, -0.2) is 60.6 Å². The maximum atomic E-state index is 12.7. The van der Waals surface area contributed by atoms with E-state index < -0.39 is 0 Å². The molecule has 0 aromatic rings. The highest BCUT2D eigenvalue weighted by Gasteiger charge is 2.53. The molecule has 0 spiro atoms. The van der Waals surface area contributed by atoms with Crippen LogP contribution >= 0.6 is 0 Å². The fourth-order valence-electron chi connectivity index (χ4n) is 3.14. The van der Waals surface area contributed by atoms with Gasteiger partial charge in [0.15, 0.2) is 0 Å². The molecule has 0 N–H and O–H groups in total. The lowest BCUT2D eigenvalue weighted by molar-refractivity contribution is -0.142. The Balaban J connectivity index is 1.61. The first-order valence-electron chi connectivity index (χ1n) is 7.72. The van der Waals surface area contributed by atoms with E-state index in [4.69, 9.17) is 4.74 Å². The van der Waals surface area contributed by atoms with Crippen molar-refractivity contribution in [3.63, 3.8) is 0 Å². The van der Waals surface area contributed by atoms with Gasteiger partial charge in [-0.3, -0.25) is 9.69 Å². The van der Waals surface area contributed by atoms with Crippen LogP contribution in [0.25, 0.3) is 0 Å². The SMILES string of the molecule is CCOCC1(C(=O)N2CCN(C3CC3)C(C#N)C2)CC1. The number of nitriles is 1. The molecule has 1 saturated heterocycles. The number of amides is 1. The molecule has 110 valence electrons. The van der Waals surface area contributed by atoms with Gasteiger partial charge in [-0.25, -0.2) is 0 Å². The second kappa shape index (κ2) is 5.34. The topological polar surface area (TPSA) is 56.6 Å². The first-order valence-corrected chi connectivity index (χ1v) is 7.72. The number of hydrogen-bond donors (Lipinski definition) is 0. The lowest BCUT2D eigenvalue weighted by Gasteiger charge is -2.39. The van der Waals surface area contributed by atoms with Crippen LogP contribution in [0.15, 0.2) is 0 Å². The molecule has 0 aromatic heterocycles. The highest BCUT2D eigenvalue weighted by molar-refractivity contribution is 5.85. The summed E-state index contributed by atoms with van der Waals surface area (Å²) in [5.74, 6) is 0.210. The minimum Gasteiger partial charge on any atom is -0.381 e. The summed E-state index contributed by atoms with van der Waals surface area (Å²) < 4.78 is 5.47. The van der Waals surface area contributed by atoms with E-state index in [1.54, 1.807) is 0 Å². The van der Waals surface area contributed by atoms with Crippen molar-refractivity contribution in [1.29, 1.82) is 5.26 Å². The molecule has 1 atom stereocenters. The number of hydrogen-bond acceptors (Lipinski definition) is 4. The molecular weight excluding hydrogens is 254 g/mol. The van der Waals surface area contributed by atoms with Crippen molar-refractivity contribution in [1.82, 2.24) is 9.80 Å². The van der Waals surface area contributed by atoms with Gasteiger partial charge in [0.25, 0.3) is 0 Å². The lowest BCUT2D eigenvalue weighted by atomic mass is 10.0. The average molecular weight is 277 g/mol. The third-order valence-corrected chi connectivity index (χ3v) is 4.76. The second-order valence-electron chi connectivity index (χ2n) is 6.28. The van der Waals surface area contributed by atoms with Crippen molar-refractivity contribution >= 4 is 5.91 Å². The zero-order valence-electron chi connectivity index (χ0n) is 12.2. The summed E-state index contributed by atoms with van der Waals surface area (Å²) in [6.45, 7) is 5.34. The van der Waals surface area contributed by atoms with E-state index in [0.29, 0.717) is 25.8 Å². The van der Waals surface area contributed by atoms with E-state index in [9.17, 15) is 10.1 Å². The molecule has 5 nitrogen and oxygen atoms in total. The van der Waals surface area contributed by atoms with Gasteiger partial charge in [0.1, 0.15) is 6.04 Å². The molecule has 0 radical (unpaired) electrons. The molecule has 0 aromatic carbocycles. The van der Waals surface area contributed by atoms with Crippen LogP contribution in [0.4, 0.5) is 0 Å². The minimum absolute atomic E-state index is 0.122. The largest absolute Gasteiger partial charge is 0.381 e. The summed E-state index contributed by atoms with van der Waals surface area (Å²) in [6.07, 6.45) is 4.29. The molecule has 1 unspecified atom stereocenters. The summed E-state index contributed by atoms with van der Waals surface area (Å²) in [6, 6.07) is 2.85. The maximum absolute atomic E-state index is 12.7. The molecule has 3 fully saturated rings. The van der Waals surface area contributed by atoms with Gasteiger partial charge >= 0.3 is 0 Å². The van der Waals surface area contributed by atoms with Gasteiger partial charge in [-0.05, 0) is 32.6 Å². The molecule has 0 bridgehead atoms. The fourth-order valence-corrected chi connectivity index (χ4v) is 3.14. The molecule has 1 heterocycles. The smallest absolute Gasteiger partial charge is 0.231 e. The standard InChI is InChI=1S/C15H23N3O2/c1-2-20-11-15(5-6-15)14(19)17-7-8-18(12-3-4-12)13(9-16)10-17/h12-13H,2-8,10-11H2,1H3. The quantitative estimate of drug-likeness (QED) is 0.752. The summed E-state index contributed by atoms with van der Waals surface area (Å²) >= 11 is 0. The van der Waals surface area contributed by atoms with Crippen molar-refractivity contribution in [3.8, 4) is 6.07 Å². The monoisotopic (exact) mass is 277 g/mol. The Hall–Kier alpha value is -1.12. The fraction of sp³-hybridized carbons (Fsp3) is 0.867. The average Bonchev–Trinajstić information content (AvgIpc) is 3.38. The molecule has 20 heavy (non-hydrogen) atoms. The van der Waals surface area contributed by atoms with Crippen LogP contribution in [0.2, 0.25) is 0 Å². The Morgan fingerprint density at radius 3 is 2.70 bits per heavy atom. The summed E-state index contributed by atoms with van der Waals surface area (Å²) in [4.78, 5) is 16.8. The van der Waals surface area contributed by atoms with Crippen LogP contribution < -0.4 is 0 Å². The lowest BCUT2D eigenvalue weighted by Crippen LogP contribution is -2.56. The molecule has 5 heteroatoms. The van der Waals surface area contributed by atoms with Gasteiger partial charge in [0.2, 0.25) is 5.91 Å². The Kier molecular flexibility index (Phi) is 3.70. The number of ether oxygens (including phenoxy) is 1. The van der Waals surface area contributed by atoms with Gasteiger partial charge in [0, 0.05) is 32.3 Å². The van der Waals surface area contributed by atoms with Gasteiger partial charge in [-0.1, -0.05) is 0 Å². The van der Waals surface area contributed by atoms with E-state index in [1.165, 1.54) is 12.8 Å². The van der Waals surface area contributed by atoms with E-state index in [1.807, 2.05) is 11.8 Å². The van der Waals surface area contributed by atoms with E-state index in [2.05, 4.69) is 11.0 Å². The van der Waals surface area contributed by atoms with Crippen molar-refractivity contribution in [2.24, 2.45) is 5.41 Å². The van der Waals surface area contributed by atoms with Crippen molar-refractivity contribution < 1.29 is 9.53 Å². The normalized spacial score (nSPS) is 29.0. The summed E-state index contributed by atoms with van der Waals surface area (Å²) in [5, 5.41) is 9.34. The second-order valence-corrected chi connectivity index (χ2v) is 6.28. The number of carbonyl (C=O) groups is 1. The molecule has 3 aliphatic rings. The van der Waals surface area contributed by atoms with Crippen LogP contribution in [0.1, 0.15) is 32.6 Å². The van der Waals surface area contributed by atoms with Gasteiger partial charge < -0.3 is 9.64 Å². The van der Waals surface area contributed by atoms with Crippen molar-refractivity contribution in [2.75, 3.05) is 32.8 Å². The first-order chi connectivity index (χ1) is 9.70. The molecular formula is C15H23N3O2. The van der Waals surface area contributed by atoms with Gasteiger partial charge in [-0.2, -0.15) is 5.26 Å². The zero-order valence-corrected chi connectivity index (χ0v) is 12.2. The number of rotatable bonds is 5. The third kappa shape index (κ3) is 2.55. The Bertz CT molecular complexity index is 423. The number of carbonyl (C=O) groups excluding carboxylic acids is 1. The Morgan fingerprint density at radius 1 is 1.40 bits per heavy atom. The first kappa shape index (κ1) is 13.8. The Labute approximate surface area is 120 Å². The highest BCUT2D eigenvalue weighted by atomic mass is 16.5. The number of piperazine rings is 1. The molecule has 3 rings (SSSR count). The molecule has 1 aliphatic heterocycles. The highest BCUT2D eigenvalue weighted by Crippen LogP contribution is 2.47. The van der Waals surface area contributed by atoms with E-state index >= 15 is 0 Å². The third-order valence-electron chi connectivity index (χ3n) is 4.76. The van der Waals surface area contributed by atoms with Crippen molar-refractivity contribution in [2.45, 2.75) is 44.7 Å². The Morgan fingerprint density at radius 2 is 2.15 bits per heavy atom. The summed E-state index contributed by atoms with van der Waals surface area (Å²) in [5.41, 5.74) is -0.266. The van der Waals surface area contributed by atoms with Crippen LogP contribution in [-0.2, 0) is 9.53 Å². The number of nitrogens with zero attached hydrogens (tertiary/aromatic N) is 3. The predicted molar refractivity (Wildman–Crippen MR) is 73.9 cm³/mol. The zero-order chi connectivity index (χ0) is 14.2. The van der Waals surface area contributed by atoms with E-state index in [-0.39, 0.29) is 17.4 Å². The maximum Gasteiger partial charge on any atom is 0.231 e. The summed E-state index contributed by atoms with van der Waals surface area (Å²) in [7, 11) is 0. The van der Waals surface area contributed by atoms with Gasteiger partial charge in [-0.15, -0.1) is 0 Å². The predicted octanol–water partition coefficient (Wildman–Crippen LogP) is 1.00. The van der Waals surface area contributed by atoms with E-state index in [0.717, 1.165) is 25.9 Å². The molecule has 2 saturated carbocycles. The minimum atomic E-state index is -0.266. The molecule has 1 amide bonds.